The summed E-state index contributed by atoms with van der Waals surface area (Å²) < 4.78 is 13.4. The zero-order valence-electron chi connectivity index (χ0n) is 8.65. The van der Waals surface area contributed by atoms with Gasteiger partial charge in [0.25, 0.3) is 0 Å². The summed E-state index contributed by atoms with van der Waals surface area (Å²) in [6.45, 7) is 3.87. The highest BCUT2D eigenvalue weighted by molar-refractivity contribution is 6.30. The Morgan fingerprint density at radius 1 is 1.53 bits per heavy atom. The van der Waals surface area contributed by atoms with Crippen molar-refractivity contribution in [3.8, 4) is 0 Å². The molecule has 2 nitrogen and oxygen atoms in total. The van der Waals surface area contributed by atoms with Crippen molar-refractivity contribution in [2.24, 2.45) is 0 Å². The van der Waals surface area contributed by atoms with E-state index in [4.69, 9.17) is 23.2 Å². The summed E-state index contributed by atoms with van der Waals surface area (Å²) in [7, 11) is 0. The van der Waals surface area contributed by atoms with Crippen LogP contribution in [0, 0.1) is 5.82 Å². The molecule has 0 radical (unpaired) electrons. The molecule has 0 fully saturated rings. The molecule has 1 N–H and O–H groups in total. The number of anilines is 1. The highest BCUT2D eigenvalue weighted by atomic mass is 35.5. The summed E-state index contributed by atoms with van der Waals surface area (Å²) in [6.07, 6.45) is 2.13. The molecule has 0 unspecified atom stereocenters. The van der Waals surface area contributed by atoms with Crippen LogP contribution in [0.2, 0.25) is 5.02 Å². The van der Waals surface area contributed by atoms with Crippen LogP contribution in [0.3, 0.4) is 0 Å². The average molecular weight is 251 g/mol. The minimum Gasteiger partial charge on any atom is -0.363 e. The van der Waals surface area contributed by atoms with Crippen LogP contribution in [-0.4, -0.2) is 16.4 Å². The van der Waals surface area contributed by atoms with Gasteiger partial charge in [-0.3, -0.25) is 0 Å². The van der Waals surface area contributed by atoms with Crippen LogP contribution < -0.4 is 5.32 Å². The van der Waals surface area contributed by atoms with E-state index in [0.29, 0.717) is 5.88 Å². The lowest BCUT2D eigenvalue weighted by Gasteiger charge is -2.26. The van der Waals surface area contributed by atoms with Crippen LogP contribution in [0.5, 0.6) is 0 Å². The van der Waals surface area contributed by atoms with Crippen molar-refractivity contribution in [3.63, 3.8) is 0 Å². The summed E-state index contributed by atoms with van der Waals surface area (Å²) in [5, 5.41) is 3.27. The maximum atomic E-state index is 13.4. The van der Waals surface area contributed by atoms with Crippen molar-refractivity contribution < 1.29 is 4.39 Å². The van der Waals surface area contributed by atoms with E-state index in [1.807, 2.05) is 13.8 Å². The molecule has 84 valence electrons. The number of nitrogens with zero attached hydrogens (tertiary/aromatic N) is 1. The third-order valence-electron chi connectivity index (χ3n) is 1.98. The third kappa shape index (κ3) is 3.84. The average Bonchev–Trinajstić information content (AvgIpc) is 2.09. The number of aromatic nitrogens is 1. The summed E-state index contributed by atoms with van der Waals surface area (Å²) >= 11 is 11.2. The van der Waals surface area contributed by atoms with E-state index in [1.165, 1.54) is 12.3 Å². The first-order valence-electron chi connectivity index (χ1n) is 4.60. The molecule has 0 saturated heterocycles. The molecule has 0 aliphatic carbocycles. The van der Waals surface area contributed by atoms with E-state index in [9.17, 15) is 4.39 Å². The number of rotatable bonds is 4. The first-order chi connectivity index (χ1) is 6.94. The Labute approximate surface area is 98.8 Å². The largest absolute Gasteiger partial charge is 0.363 e. The zero-order chi connectivity index (χ0) is 11.5. The molecule has 0 atom stereocenters. The summed E-state index contributed by atoms with van der Waals surface area (Å²) in [4.78, 5) is 3.88. The minimum absolute atomic E-state index is 0.203. The van der Waals surface area contributed by atoms with E-state index in [2.05, 4.69) is 10.3 Å². The van der Waals surface area contributed by atoms with Crippen LogP contribution in [0.1, 0.15) is 20.3 Å². The van der Waals surface area contributed by atoms with Gasteiger partial charge in [0, 0.05) is 17.6 Å². The first-order valence-corrected chi connectivity index (χ1v) is 5.51. The number of nitrogens with one attached hydrogen (secondary N) is 1. The summed E-state index contributed by atoms with van der Waals surface area (Å²) in [5.41, 5.74) is -0.288. The predicted molar refractivity (Wildman–Crippen MR) is 62.2 cm³/mol. The Bertz CT molecular complexity index is 342. The Balaban J connectivity index is 2.80. The molecule has 1 heterocycles. The summed E-state index contributed by atoms with van der Waals surface area (Å²) in [5.74, 6) is 0.259. The molecule has 0 aliphatic rings. The fraction of sp³-hybridized carbons (Fsp3) is 0.500. The fourth-order valence-electron chi connectivity index (χ4n) is 1.13. The lowest BCUT2D eigenvalue weighted by Crippen LogP contribution is -2.32. The Morgan fingerprint density at radius 3 is 2.73 bits per heavy atom. The molecule has 15 heavy (non-hydrogen) atoms. The van der Waals surface area contributed by atoms with Gasteiger partial charge in [-0.15, -0.1) is 11.6 Å². The molecular weight excluding hydrogens is 238 g/mol. The maximum Gasteiger partial charge on any atom is 0.166 e. The van der Waals surface area contributed by atoms with E-state index >= 15 is 0 Å². The number of halogens is 3. The van der Waals surface area contributed by atoms with Gasteiger partial charge >= 0.3 is 0 Å². The number of pyridine rings is 1. The molecule has 0 amide bonds. The topological polar surface area (TPSA) is 24.9 Å². The molecule has 0 saturated carbocycles. The van der Waals surface area contributed by atoms with Crippen molar-refractivity contribution in [3.05, 3.63) is 23.1 Å². The van der Waals surface area contributed by atoms with Gasteiger partial charge in [-0.2, -0.15) is 0 Å². The van der Waals surface area contributed by atoms with E-state index in [-0.39, 0.29) is 16.4 Å². The predicted octanol–water partition coefficient (Wildman–Crippen LogP) is 3.69. The van der Waals surface area contributed by atoms with Crippen molar-refractivity contribution in [1.29, 1.82) is 0 Å². The van der Waals surface area contributed by atoms with Crippen molar-refractivity contribution in [2.75, 3.05) is 11.2 Å². The quantitative estimate of drug-likeness (QED) is 0.825. The van der Waals surface area contributed by atoms with Crippen molar-refractivity contribution in [2.45, 2.75) is 25.8 Å². The standard InChI is InChI=1S/C10H13Cl2FN2/c1-10(2,3-4-11)15-9-8(13)5-7(12)6-14-9/h5-6H,3-4H2,1-2H3,(H,14,15). The molecule has 0 bridgehead atoms. The molecule has 1 aromatic rings. The van der Waals surface area contributed by atoms with Gasteiger partial charge in [0.05, 0.1) is 5.02 Å². The van der Waals surface area contributed by atoms with Gasteiger partial charge in [-0.05, 0) is 26.3 Å². The second-order valence-corrected chi connectivity index (χ2v) is 4.75. The molecule has 0 spiro atoms. The zero-order valence-corrected chi connectivity index (χ0v) is 10.2. The third-order valence-corrected chi connectivity index (χ3v) is 2.38. The van der Waals surface area contributed by atoms with Gasteiger partial charge < -0.3 is 5.32 Å². The highest BCUT2D eigenvalue weighted by Gasteiger charge is 2.19. The second kappa shape index (κ2) is 4.99. The summed E-state index contributed by atoms with van der Waals surface area (Å²) in [6, 6.07) is 1.23. The molecular formula is C10H13Cl2FN2. The minimum atomic E-state index is -0.454. The molecule has 5 heteroatoms. The highest BCUT2D eigenvalue weighted by Crippen LogP contribution is 2.21. The molecule has 1 rings (SSSR count). The Kier molecular flexibility index (Phi) is 4.17. The molecule has 0 aromatic carbocycles. The first kappa shape index (κ1) is 12.5. The number of hydrogen-bond donors (Lipinski definition) is 1. The fourth-order valence-corrected chi connectivity index (χ4v) is 1.74. The van der Waals surface area contributed by atoms with Gasteiger partial charge in [0.1, 0.15) is 0 Å². The van der Waals surface area contributed by atoms with Gasteiger partial charge in [0.15, 0.2) is 11.6 Å². The molecule has 0 aliphatic heterocycles. The smallest absolute Gasteiger partial charge is 0.166 e. The van der Waals surface area contributed by atoms with E-state index < -0.39 is 5.82 Å². The second-order valence-electron chi connectivity index (χ2n) is 3.93. The lowest BCUT2D eigenvalue weighted by molar-refractivity contribution is 0.536. The molecule has 1 aromatic heterocycles. The maximum absolute atomic E-state index is 13.4. The van der Waals surface area contributed by atoms with Gasteiger partial charge in [-0.25, -0.2) is 9.37 Å². The van der Waals surface area contributed by atoms with Crippen molar-refractivity contribution in [1.82, 2.24) is 4.98 Å². The van der Waals surface area contributed by atoms with Crippen LogP contribution in [-0.2, 0) is 0 Å². The monoisotopic (exact) mass is 250 g/mol. The van der Waals surface area contributed by atoms with Crippen LogP contribution in [0.15, 0.2) is 12.3 Å². The Hall–Kier alpha value is -0.540. The van der Waals surface area contributed by atoms with Crippen LogP contribution in [0.4, 0.5) is 10.2 Å². The van der Waals surface area contributed by atoms with Crippen LogP contribution in [0.25, 0.3) is 0 Å². The van der Waals surface area contributed by atoms with E-state index in [1.54, 1.807) is 0 Å². The number of alkyl halides is 1. The van der Waals surface area contributed by atoms with Crippen molar-refractivity contribution >= 4 is 29.0 Å². The lowest BCUT2D eigenvalue weighted by atomic mass is 10.0. The Morgan fingerprint density at radius 2 is 2.20 bits per heavy atom. The number of hydrogen-bond acceptors (Lipinski definition) is 2. The van der Waals surface area contributed by atoms with Crippen LogP contribution >= 0.6 is 23.2 Å². The van der Waals surface area contributed by atoms with E-state index in [0.717, 1.165) is 6.42 Å². The normalized spacial score (nSPS) is 11.5. The SMILES string of the molecule is CC(C)(CCCl)Nc1ncc(Cl)cc1F. The van der Waals surface area contributed by atoms with Gasteiger partial charge in [0.2, 0.25) is 0 Å². The van der Waals surface area contributed by atoms with Gasteiger partial charge in [-0.1, -0.05) is 11.6 Å².